The number of carbonyl (C=O) groups excluding carboxylic acids is 2. The van der Waals surface area contributed by atoms with E-state index in [-0.39, 0.29) is 11.3 Å². The van der Waals surface area contributed by atoms with E-state index in [9.17, 15) is 9.59 Å². The zero-order valence-electron chi connectivity index (χ0n) is 12.6. The second-order valence-corrected chi connectivity index (χ2v) is 5.66. The summed E-state index contributed by atoms with van der Waals surface area (Å²) in [6.07, 6.45) is 1.24. The molecule has 0 aromatic heterocycles. The highest BCUT2D eigenvalue weighted by Crippen LogP contribution is 2.19. The van der Waals surface area contributed by atoms with Crippen LogP contribution < -0.4 is 15.4 Å². The molecule has 0 heterocycles. The van der Waals surface area contributed by atoms with Gasteiger partial charge in [0.2, 0.25) is 0 Å². The van der Waals surface area contributed by atoms with Crippen LogP contribution >= 0.6 is 11.8 Å². The average molecular weight is 310 g/mol. The molecule has 0 saturated heterocycles. The first-order valence-electron chi connectivity index (χ1n) is 7.11. The molecule has 2 N–H and O–H groups in total. The van der Waals surface area contributed by atoms with Crippen LogP contribution in [-0.4, -0.2) is 23.1 Å². The van der Waals surface area contributed by atoms with E-state index < -0.39 is 6.09 Å². The normalized spacial score (nSPS) is 10.3. The lowest BCUT2D eigenvalue weighted by Crippen LogP contribution is -2.35. The number of rotatable bonds is 6. The molecular weight excluding hydrogens is 288 g/mol. The Hall–Kier alpha value is -1.69. The summed E-state index contributed by atoms with van der Waals surface area (Å²) in [5.41, 5.74) is 0.605. The highest BCUT2D eigenvalue weighted by molar-refractivity contribution is 8.13. The minimum atomic E-state index is -0.477. The number of anilines is 1. The van der Waals surface area contributed by atoms with Gasteiger partial charge in [0.25, 0.3) is 5.24 Å². The van der Waals surface area contributed by atoms with Crippen LogP contribution in [0.5, 0.6) is 5.75 Å². The average Bonchev–Trinajstić information content (AvgIpc) is 2.45. The minimum Gasteiger partial charge on any atom is -0.410 e. The fourth-order valence-electron chi connectivity index (χ4n) is 1.72. The van der Waals surface area contributed by atoms with Crippen molar-refractivity contribution in [1.29, 1.82) is 0 Å². The zero-order chi connectivity index (χ0) is 15.7. The van der Waals surface area contributed by atoms with Gasteiger partial charge in [-0.25, -0.2) is 4.79 Å². The van der Waals surface area contributed by atoms with Gasteiger partial charge < -0.3 is 15.4 Å². The van der Waals surface area contributed by atoms with Gasteiger partial charge in [0.1, 0.15) is 5.75 Å². The number of thioether (sulfide) groups is 1. The summed E-state index contributed by atoms with van der Waals surface area (Å²) in [6, 6.07) is 6.89. The summed E-state index contributed by atoms with van der Waals surface area (Å²) in [5, 5.41) is 5.40. The Kier molecular flexibility index (Phi) is 7.68. The van der Waals surface area contributed by atoms with Crippen molar-refractivity contribution in [2.75, 3.05) is 11.1 Å². The van der Waals surface area contributed by atoms with Crippen LogP contribution in [0.25, 0.3) is 0 Å². The first-order valence-corrected chi connectivity index (χ1v) is 8.09. The van der Waals surface area contributed by atoms with Crippen LogP contribution in [0.2, 0.25) is 0 Å². The van der Waals surface area contributed by atoms with Crippen LogP contribution in [0.4, 0.5) is 15.3 Å². The largest absolute Gasteiger partial charge is 0.412 e. The van der Waals surface area contributed by atoms with Crippen molar-refractivity contribution in [1.82, 2.24) is 5.32 Å². The monoisotopic (exact) mass is 310 g/mol. The summed E-state index contributed by atoms with van der Waals surface area (Å²) in [5.74, 6) is 1.11. The molecule has 0 bridgehead atoms. The molecule has 0 aliphatic rings. The summed E-state index contributed by atoms with van der Waals surface area (Å²) in [7, 11) is 0. The number of hydrogen-bond acceptors (Lipinski definition) is 4. The van der Waals surface area contributed by atoms with Crippen molar-refractivity contribution >= 4 is 28.8 Å². The maximum Gasteiger partial charge on any atom is 0.412 e. The van der Waals surface area contributed by atoms with Gasteiger partial charge in [0, 0.05) is 17.8 Å². The highest BCUT2D eigenvalue weighted by Gasteiger charge is 2.10. The van der Waals surface area contributed by atoms with Crippen molar-refractivity contribution in [3.05, 3.63) is 24.3 Å². The second-order valence-electron chi connectivity index (χ2n) is 4.42. The van der Waals surface area contributed by atoms with Crippen LogP contribution in [0, 0.1) is 0 Å². The van der Waals surface area contributed by atoms with Crippen molar-refractivity contribution in [3.63, 3.8) is 0 Å². The number of nitrogens with one attached hydrogen (secondary N) is 2. The molecule has 0 aliphatic carbocycles. The number of carbonyl (C=O) groups is 2. The molecule has 2 amide bonds. The topological polar surface area (TPSA) is 67.4 Å². The fraction of sp³-hybridized carbons (Fsp3) is 0.467. The van der Waals surface area contributed by atoms with Crippen molar-refractivity contribution in [2.24, 2.45) is 0 Å². The van der Waals surface area contributed by atoms with Crippen molar-refractivity contribution in [3.8, 4) is 5.75 Å². The van der Waals surface area contributed by atoms with E-state index in [1.807, 2.05) is 20.8 Å². The summed E-state index contributed by atoms with van der Waals surface area (Å²) >= 11 is 1.19. The molecule has 1 aromatic rings. The second kappa shape index (κ2) is 9.28. The molecule has 0 atom stereocenters. The first kappa shape index (κ1) is 17.4. The Morgan fingerprint density at radius 1 is 1.24 bits per heavy atom. The SMILES string of the molecule is CCSC(=O)Nc1cccc(OC(=O)NC(CC)CC)c1. The molecule has 5 nitrogen and oxygen atoms in total. The Morgan fingerprint density at radius 3 is 2.57 bits per heavy atom. The lowest BCUT2D eigenvalue weighted by Gasteiger charge is -2.14. The third-order valence-electron chi connectivity index (χ3n) is 2.87. The minimum absolute atomic E-state index is 0.112. The maximum atomic E-state index is 11.8. The number of ether oxygens (including phenoxy) is 1. The van der Waals surface area contributed by atoms with E-state index >= 15 is 0 Å². The van der Waals surface area contributed by atoms with Gasteiger partial charge >= 0.3 is 6.09 Å². The van der Waals surface area contributed by atoms with Gasteiger partial charge in [0.05, 0.1) is 0 Å². The molecule has 0 radical (unpaired) electrons. The van der Waals surface area contributed by atoms with E-state index in [1.54, 1.807) is 24.3 Å². The van der Waals surface area contributed by atoms with Gasteiger partial charge in [-0.15, -0.1) is 0 Å². The smallest absolute Gasteiger partial charge is 0.410 e. The zero-order valence-corrected chi connectivity index (χ0v) is 13.5. The van der Waals surface area contributed by atoms with E-state index in [0.29, 0.717) is 17.2 Å². The molecule has 0 saturated carbocycles. The third kappa shape index (κ3) is 6.53. The molecular formula is C15H22N2O3S. The lowest BCUT2D eigenvalue weighted by atomic mass is 10.2. The van der Waals surface area contributed by atoms with E-state index in [4.69, 9.17) is 4.74 Å². The predicted octanol–water partition coefficient (Wildman–Crippen LogP) is 4.25. The Labute approximate surface area is 129 Å². The standard InChI is InChI=1S/C15H22N2O3S/c1-4-11(5-2)16-14(18)20-13-9-7-8-12(10-13)17-15(19)21-6-3/h7-11H,4-6H2,1-3H3,(H,16,18)(H,17,19). The molecule has 116 valence electrons. The molecule has 0 aliphatic heterocycles. The molecule has 0 unspecified atom stereocenters. The van der Waals surface area contributed by atoms with Crippen LogP contribution in [0.1, 0.15) is 33.6 Å². The third-order valence-corrected chi connectivity index (χ3v) is 3.53. The van der Waals surface area contributed by atoms with E-state index in [1.165, 1.54) is 11.8 Å². The van der Waals surface area contributed by atoms with E-state index in [2.05, 4.69) is 10.6 Å². The molecule has 6 heteroatoms. The maximum absolute atomic E-state index is 11.8. The van der Waals surface area contributed by atoms with Gasteiger partial charge in [-0.05, 0) is 30.7 Å². The number of amides is 2. The number of hydrogen-bond donors (Lipinski definition) is 2. The molecule has 0 fully saturated rings. The Balaban J connectivity index is 2.59. The van der Waals surface area contributed by atoms with Crippen molar-refractivity contribution < 1.29 is 14.3 Å². The van der Waals surface area contributed by atoms with E-state index in [0.717, 1.165) is 12.8 Å². The Bertz CT molecular complexity index is 476. The quantitative estimate of drug-likeness (QED) is 0.824. The lowest BCUT2D eigenvalue weighted by molar-refractivity contribution is 0.195. The molecule has 0 spiro atoms. The van der Waals surface area contributed by atoms with Crippen molar-refractivity contribution in [2.45, 2.75) is 39.7 Å². The fourth-order valence-corrected chi connectivity index (χ4v) is 2.17. The number of benzene rings is 1. The highest BCUT2D eigenvalue weighted by atomic mass is 32.2. The first-order chi connectivity index (χ1) is 10.1. The van der Waals surface area contributed by atoms with Gasteiger partial charge in [0.15, 0.2) is 0 Å². The predicted molar refractivity (Wildman–Crippen MR) is 87.1 cm³/mol. The summed E-state index contributed by atoms with van der Waals surface area (Å²) in [4.78, 5) is 23.3. The van der Waals surface area contributed by atoms with Crippen LogP contribution in [0.15, 0.2) is 24.3 Å². The van der Waals surface area contributed by atoms with Gasteiger partial charge in [-0.3, -0.25) is 4.79 Å². The summed E-state index contributed by atoms with van der Waals surface area (Å²) < 4.78 is 5.22. The Morgan fingerprint density at radius 2 is 1.95 bits per heavy atom. The summed E-state index contributed by atoms with van der Waals surface area (Å²) in [6.45, 7) is 5.93. The van der Waals surface area contributed by atoms with Gasteiger partial charge in [-0.1, -0.05) is 38.6 Å². The molecule has 1 rings (SSSR count). The molecule has 21 heavy (non-hydrogen) atoms. The van der Waals surface area contributed by atoms with Crippen LogP contribution in [0.3, 0.4) is 0 Å². The van der Waals surface area contributed by atoms with Crippen LogP contribution in [-0.2, 0) is 0 Å². The van der Waals surface area contributed by atoms with Gasteiger partial charge in [-0.2, -0.15) is 0 Å². The molecule has 1 aromatic carbocycles.